The Bertz CT molecular complexity index is 2910. The Morgan fingerprint density at radius 2 is 0.737 bits per heavy atom. The summed E-state index contributed by atoms with van der Waals surface area (Å²) in [4.78, 5) is 35.7. The Kier molecular flexibility index (Phi) is 17.4. The van der Waals surface area contributed by atoms with Gasteiger partial charge in [-0.1, -0.05) is 76.2 Å². The van der Waals surface area contributed by atoms with Gasteiger partial charge in [0.25, 0.3) is 0 Å². The number of ether oxygens (including phenoxy) is 4. The maximum absolute atomic E-state index is 6.83. The van der Waals surface area contributed by atoms with Crippen LogP contribution in [0.2, 0.25) is 0 Å². The molecule has 0 fully saturated rings. The minimum atomic E-state index is 0.0746. The lowest BCUT2D eigenvalue weighted by Crippen LogP contribution is -2.12. The van der Waals surface area contributed by atoms with Gasteiger partial charge in [0.1, 0.15) is 23.0 Å². The third kappa shape index (κ3) is 13.5. The molecule has 4 heterocycles. The first-order valence-electron chi connectivity index (χ1n) is 26.1. The molecule has 0 amide bonds. The Morgan fingerprint density at radius 1 is 0.408 bits per heavy atom. The van der Waals surface area contributed by atoms with Gasteiger partial charge in [-0.3, -0.25) is 9.97 Å². The Labute approximate surface area is 443 Å². The van der Waals surface area contributed by atoms with Crippen molar-refractivity contribution in [1.29, 1.82) is 0 Å². The number of anilines is 8. The van der Waals surface area contributed by atoms with Gasteiger partial charge in [0, 0.05) is 97.2 Å². The van der Waals surface area contributed by atoms with Crippen molar-refractivity contribution in [3.63, 3.8) is 0 Å². The summed E-state index contributed by atoms with van der Waals surface area (Å²) in [5.74, 6) is 4.62. The first kappa shape index (κ1) is 52.1. The fraction of sp³-hybridized carbons (Fsp3) is 0.310. The molecule has 18 heteroatoms. The molecule has 0 unspecified atom stereocenters. The minimum absolute atomic E-state index is 0.0746. The van der Waals surface area contributed by atoms with Crippen LogP contribution in [0, 0.1) is 0 Å². The number of hydrogen-bond acceptors (Lipinski definition) is 18. The predicted octanol–water partition coefficient (Wildman–Crippen LogP) is 10.6. The first-order valence-corrected chi connectivity index (χ1v) is 26.1. The number of para-hydroxylation sites is 2. The highest BCUT2D eigenvalue weighted by atomic mass is 16.5. The predicted molar refractivity (Wildman–Crippen MR) is 298 cm³/mol. The van der Waals surface area contributed by atoms with E-state index in [-0.39, 0.29) is 11.9 Å². The molecule has 0 atom stereocenters. The minimum Gasteiger partial charge on any atom is -0.493 e. The van der Waals surface area contributed by atoms with E-state index in [1.165, 1.54) is 0 Å². The van der Waals surface area contributed by atoms with Crippen LogP contribution in [0.3, 0.4) is 0 Å². The average molecular weight is 1020 g/mol. The summed E-state index contributed by atoms with van der Waals surface area (Å²) in [6.45, 7) is 11.5. The van der Waals surface area contributed by atoms with Crippen LogP contribution < -0.4 is 51.7 Å². The molecule has 8 aromatic rings. The molecule has 0 radical (unpaired) electrons. The number of rotatable bonds is 22. The largest absolute Gasteiger partial charge is 0.493 e. The van der Waals surface area contributed by atoms with Crippen molar-refractivity contribution in [2.45, 2.75) is 92.2 Å². The smallest absolute Gasteiger partial charge is 0.233 e. The highest BCUT2D eigenvalue weighted by Gasteiger charge is 2.24. The van der Waals surface area contributed by atoms with Crippen LogP contribution in [-0.2, 0) is 38.8 Å². The van der Waals surface area contributed by atoms with Gasteiger partial charge in [0.05, 0.1) is 26.4 Å². The van der Waals surface area contributed by atoms with E-state index in [4.69, 9.17) is 40.4 Å². The quantitative estimate of drug-likeness (QED) is 0.0370. The lowest BCUT2D eigenvalue weighted by atomic mass is 9.90. The summed E-state index contributed by atoms with van der Waals surface area (Å²) in [5.41, 5.74) is 23.9. The Morgan fingerprint density at radius 3 is 1.05 bits per heavy atom. The summed E-state index contributed by atoms with van der Waals surface area (Å²) >= 11 is 0. The van der Waals surface area contributed by atoms with E-state index in [9.17, 15) is 0 Å². The van der Waals surface area contributed by atoms with Crippen LogP contribution in [-0.4, -0.2) is 66.3 Å². The van der Waals surface area contributed by atoms with E-state index in [0.717, 1.165) is 116 Å². The second-order valence-corrected chi connectivity index (χ2v) is 18.5. The number of nitrogens with zero attached hydrogens (tertiary/aromatic N) is 8. The zero-order chi connectivity index (χ0) is 52.6. The first-order chi connectivity index (χ1) is 37.2. The third-order valence-electron chi connectivity index (χ3n) is 12.3. The molecular formula is C58H66N14O4. The number of nitrogens with one attached hydrogen (secondary N) is 4. The van der Waals surface area contributed by atoms with Gasteiger partial charge >= 0.3 is 0 Å². The van der Waals surface area contributed by atoms with Crippen LogP contribution in [0.15, 0.2) is 110 Å². The van der Waals surface area contributed by atoms with Crippen molar-refractivity contribution in [3.8, 4) is 23.0 Å². The molecule has 0 aliphatic heterocycles. The number of nitrogens with two attached hydrogens (primary N) is 2. The van der Waals surface area contributed by atoms with Crippen LogP contribution in [0.4, 0.5) is 47.1 Å². The molecule has 392 valence electrons. The van der Waals surface area contributed by atoms with E-state index >= 15 is 0 Å². The molecule has 1 aliphatic carbocycles. The van der Waals surface area contributed by atoms with Gasteiger partial charge in [-0.05, 0) is 95.5 Å². The number of nitrogen functional groups attached to an aromatic ring is 2. The van der Waals surface area contributed by atoms with Crippen molar-refractivity contribution in [2.75, 3.05) is 59.2 Å². The van der Waals surface area contributed by atoms with Gasteiger partial charge in [0.15, 0.2) is 0 Å². The molecule has 0 saturated carbocycles. The molecule has 9 rings (SSSR count). The number of benzene rings is 4. The SMILES string of the molecule is CCCOc1c2cccc1Cc1cc(Nc3nc(N)nc(NCc4cccnc4)n3)cc(c1OCCC)Cc1cccc(c1OCCC)Cc1cc(Nc3nc(N)nc(NCc4cccnc4)n3)cc(c1OCCC)C2. The van der Waals surface area contributed by atoms with Crippen LogP contribution in [0.1, 0.15) is 109 Å². The second-order valence-electron chi connectivity index (χ2n) is 18.5. The number of hydrogen-bond donors (Lipinski definition) is 6. The van der Waals surface area contributed by atoms with Gasteiger partial charge in [-0.2, -0.15) is 29.9 Å². The van der Waals surface area contributed by atoms with E-state index in [1.54, 1.807) is 24.8 Å². The molecule has 4 aromatic heterocycles. The van der Waals surface area contributed by atoms with Crippen LogP contribution >= 0.6 is 0 Å². The van der Waals surface area contributed by atoms with E-state index in [1.807, 2.05) is 24.3 Å². The van der Waals surface area contributed by atoms with E-state index < -0.39 is 0 Å². The summed E-state index contributed by atoms with van der Waals surface area (Å²) in [6, 6.07) is 28.9. The summed E-state index contributed by atoms with van der Waals surface area (Å²) < 4.78 is 27.3. The van der Waals surface area contributed by atoms with Gasteiger partial charge < -0.3 is 51.7 Å². The lowest BCUT2D eigenvalue weighted by Gasteiger charge is -2.24. The zero-order valence-corrected chi connectivity index (χ0v) is 43.7. The maximum atomic E-state index is 6.83. The van der Waals surface area contributed by atoms with Gasteiger partial charge in [0.2, 0.25) is 35.7 Å². The molecule has 8 bridgehead atoms. The molecule has 1 aliphatic rings. The molecule has 0 spiro atoms. The van der Waals surface area contributed by atoms with Crippen molar-refractivity contribution in [1.82, 2.24) is 39.9 Å². The Balaban J connectivity index is 1.18. The molecule has 4 aromatic carbocycles. The molecule has 18 nitrogen and oxygen atoms in total. The van der Waals surface area contributed by atoms with Crippen molar-refractivity contribution in [3.05, 3.63) is 165 Å². The fourth-order valence-corrected chi connectivity index (χ4v) is 9.07. The Hall–Kier alpha value is -8.80. The van der Waals surface area contributed by atoms with Crippen molar-refractivity contribution >= 4 is 47.1 Å². The van der Waals surface area contributed by atoms with Crippen molar-refractivity contribution < 1.29 is 18.9 Å². The summed E-state index contributed by atoms with van der Waals surface area (Å²) in [7, 11) is 0. The highest BCUT2D eigenvalue weighted by Crippen LogP contribution is 2.42. The average Bonchev–Trinajstić information content (AvgIpc) is 3.42. The number of pyridine rings is 2. The third-order valence-corrected chi connectivity index (χ3v) is 12.3. The molecular weight excluding hydrogens is 957 g/mol. The number of aromatic nitrogens is 8. The van der Waals surface area contributed by atoms with Crippen molar-refractivity contribution in [2.24, 2.45) is 0 Å². The second kappa shape index (κ2) is 25.4. The molecule has 0 saturated heterocycles. The maximum Gasteiger partial charge on any atom is 0.233 e. The topological polar surface area (TPSA) is 240 Å². The lowest BCUT2D eigenvalue weighted by molar-refractivity contribution is 0.304. The zero-order valence-electron chi connectivity index (χ0n) is 43.7. The number of fused-ring (bicyclic) bond motifs is 8. The van der Waals surface area contributed by atoms with Crippen LogP contribution in [0.5, 0.6) is 23.0 Å². The highest BCUT2D eigenvalue weighted by molar-refractivity contribution is 5.67. The normalized spacial score (nSPS) is 11.8. The van der Waals surface area contributed by atoms with Gasteiger partial charge in [-0.15, -0.1) is 0 Å². The van der Waals surface area contributed by atoms with E-state index in [0.29, 0.717) is 89.0 Å². The summed E-state index contributed by atoms with van der Waals surface area (Å²) in [5, 5.41) is 13.5. The van der Waals surface area contributed by atoms with Crippen LogP contribution in [0.25, 0.3) is 0 Å². The molecule has 76 heavy (non-hydrogen) atoms. The van der Waals surface area contributed by atoms with Gasteiger partial charge in [-0.25, -0.2) is 0 Å². The fourth-order valence-electron chi connectivity index (χ4n) is 9.07. The summed E-state index contributed by atoms with van der Waals surface area (Å²) in [6.07, 6.45) is 12.3. The molecule has 8 N–H and O–H groups in total. The standard InChI is InChI=1S/C58H66N14O4/c1-5-21-73-49-39-15-9-16-40(49)26-44-30-48(66-58-70-54(60)68-56(72-58)64-36-38-14-12-20-62-34-38)32-46(52(44)76-24-8-4)28-42-18-10-17-41(50(42)74-22-6-2)27-45-31-47(29-43(25-39)51(45)75-23-7-3)65-57-69-53(59)67-55(71-57)63-35-37-13-11-19-61-33-37/h9-20,29-34H,5-8,21-28,35-36H2,1-4H3,(H4,59,63,65,67,69,71)(H4,60,64,66,68,70,72). The van der Waals surface area contributed by atoms with E-state index in [2.05, 4.69) is 140 Å². The monoisotopic (exact) mass is 1020 g/mol.